The summed E-state index contributed by atoms with van der Waals surface area (Å²) in [5, 5.41) is 2.26. The first kappa shape index (κ1) is 20.4. The van der Waals surface area contributed by atoms with Gasteiger partial charge in [-0.15, -0.1) is 0 Å². The number of halogens is 3. The summed E-state index contributed by atoms with van der Waals surface area (Å²) in [4.78, 5) is 0. The summed E-state index contributed by atoms with van der Waals surface area (Å²) in [6, 6.07) is 35.2. The van der Waals surface area contributed by atoms with E-state index in [9.17, 15) is 13.2 Å². The largest absolute Gasteiger partial charge is 0.420 e. The van der Waals surface area contributed by atoms with Crippen LogP contribution in [-0.2, 0) is 12.3 Å². The lowest BCUT2D eigenvalue weighted by Crippen LogP contribution is -2.36. The van der Waals surface area contributed by atoms with Crippen LogP contribution in [0.3, 0.4) is 0 Å². The Bertz CT molecular complexity index is 1050. The maximum Gasteiger partial charge on any atom is 0.420 e. The average Bonchev–Trinajstić information content (AvgIpc) is 2.79. The molecule has 0 N–H and O–H groups in total. The smallest absolute Gasteiger partial charge is 0.166 e. The van der Waals surface area contributed by atoms with Gasteiger partial charge in [-0.2, -0.15) is 13.2 Å². The van der Waals surface area contributed by atoms with Crippen molar-refractivity contribution in [2.24, 2.45) is 0 Å². The Morgan fingerprint density at radius 2 is 0.967 bits per heavy atom. The van der Waals surface area contributed by atoms with Gasteiger partial charge < -0.3 is 0 Å². The molecule has 0 saturated carbocycles. The van der Waals surface area contributed by atoms with E-state index >= 15 is 0 Å². The monoisotopic (exact) mass is 421 g/mol. The summed E-state index contributed by atoms with van der Waals surface area (Å²) in [6.07, 6.45) is -3.91. The molecule has 4 rings (SSSR count). The van der Waals surface area contributed by atoms with Gasteiger partial charge >= 0.3 is 6.18 Å². The van der Waals surface area contributed by atoms with Gasteiger partial charge in [-0.05, 0) is 42.0 Å². The average molecular weight is 421 g/mol. The van der Waals surface area contributed by atoms with Gasteiger partial charge in [0.05, 0.1) is 11.7 Å². The third kappa shape index (κ3) is 3.91. The van der Waals surface area contributed by atoms with E-state index in [0.717, 1.165) is 16.2 Å². The lowest BCUT2D eigenvalue weighted by Gasteiger charge is -2.30. The minimum atomic E-state index is -4.43. The van der Waals surface area contributed by atoms with Crippen molar-refractivity contribution in [3.8, 4) is 0 Å². The summed E-state index contributed by atoms with van der Waals surface area (Å²) in [7, 11) is -2.63. The summed E-state index contributed by atoms with van der Waals surface area (Å²) in [6.45, 7) is 0. The van der Waals surface area contributed by atoms with Crippen LogP contribution in [0.4, 0.5) is 13.2 Å². The Morgan fingerprint density at radius 3 is 1.47 bits per heavy atom. The van der Waals surface area contributed by atoms with Crippen molar-refractivity contribution < 1.29 is 13.2 Å². The molecule has 0 aliphatic heterocycles. The second kappa shape index (κ2) is 8.45. The molecule has 0 atom stereocenters. The van der Waals surface area contributed by atoms with Crippen LogP contribution >= 0.6 is 7.26 Å². The van der Waals surface area contributed by atoms with Crippen molar-refractivity contribution >= 4 is 23.2 Å². The van der Waals surface area contributed by atoms with Gasteiger partial charge in [0.2, 0.25) is 0 Å². The molecule has 0 nitrogen and oxygen atoms in total. The number of rotatable bonds is 5. The van der Waals surface area contributed by atoms with Gasteiger partial charge in [-0.3, -0.25) is 0 Å². The van der Waals surface area contributed by atoms with E-state index in [1.165, 1.54) is 12.1 Å². The fourth-order valence-electron chi connectivity index (χ4n) is 3.96. The van der Waals surface area contributed by atoms with Crippen molar-refractivity contribution in [3.63, 3.8) is 0 Å². The number of benzene rings is 4. The van der Waals surface area contributed by atoms with Gasteiger partial charge in [-0.1, -0.05) is 78.9 Å². The van der Waals surface area contributed by atoms with Crippen molar-refractivity contribution in [2.45, 2.75) is 12.3 Å². The molecule has 4 aromatic rings. The Morgan fingerprint density at radius 1 is 0.533 bits per heavy atom. The first-order valence-corrected chi connectivity index (χ1v) is 11.7. The van der Waals surface area contributed by atoms with E-state index in [4.69, 9.17) is 0 Å². The molecule has 0 saturated heterocycles. The van der Waals surface area contributed by atoms with Crippen LogP contribution in [0, 0.1) is 0 Å². The maximum absolute atomic E-state index is 14.2. The molecular formula is C26H21F3P+. The highest BCUT2D eigenvalue weighted by Gasteiger charge is 2.50. The molecule has 0 radical (unpaired) electrons. The van der Waals surface area contributed by atoms with E-state index in [1.807, 2.05) is 91.0 Å². The lowest BCUT2D eigenvalue weighted by molar-refractivity contribution is -0.136. The predicted octanol–water partition coefficient (Wildman–Crippen LogP) is 6.20. The van der Waals surface area contributed by atoms with Crippen LogP contribution in [0.1, 0.15) is 11.1 Å². The van der Waals surface area contributed by atoms with Gasteiger partial charge in [-0.25, -0.2) is 0 Å². The molecule has 0 unspecified atom stereocenters. The van der Waals surface area contributed by atoms with Crippen molar-refractivity contribution in [1.29, 1.82) is 0 Å². The molecule has 0 aliphatic carbocycles. The predicted molar refractivity (Wildman–Crippen MR) is 120 cm³/mol. The minimum absolute atomic E-state index is 0.374. The van der Waals surface area contributed by atoms with E-state index in [0.29, 0.717) is 11.5 Å². The number of hydrogen-bond acceptors (Lipinski definition) is 0. The molecule has 0 spiro atoms. The topological polar surface area (TPSA) is 0 Å². The Labute approximate surface area is 175 Å². The molecule has 0 aromatic heterocycles. The van der Waals surface area contributed by atoms with Crippen LogP contribution in [0.25, 0.3) is 0 Å². The molecule has 150 valence electrons. The molecule has 0 bridgehead atoms. The first-order valence-electron chi connectivity index (χ1n) is 9.72. The molecule has 0 aliphatic rings. The van der Waals surface area contributed by atoms with Crippen LogP contribution in [-0.4, -0.2) is 0 Å². The third-order valence-corrected chi connectivity index (χ3v) is 9.69. The zero-order chi connectivity index (χ0) is 21.0. The quantitative estimate of drug-likeness (QED) is 0.337. The summed E-state index contributed by atoms with van der Waals surface area (Å²) >= 11 is 0. The number of hydrogen-bond donors (Lipinski definition) is 0. The van der Waals surface area contributed by atoms with Crippen molar-refractivity contribution in [2.75, 3.05) is 0 Å². The highest BCUT2D eigenvalue weighted by Crippen LogP contribution is 2.59. The minimum Gasteiger partial charge on any atom is -0.166 e. The summed E-state index contributed by atoms with van der Waals surface area (Å²) in [5.74, 6) is 0. The van der Waals surface area contributed by atoms with E-state index in [1.54, 1.807) is 12.1 Å². The van der Waals surface area contributed by atoms with Crippen molar-refractivity contribution in [3.05, 3.63) is 126 Å². The van der Waals surface area contributed by atoms with Crippen LogP contribution in [0.2, 0.25) is 0 Å². The fourth-order valence-corrected chi connectivity index (χ4v) is 8.43. The molecule has 0 fully saturated rings. The lowest BCUT2D eigenvalue weighted by atomic mass is 10.2. The maximum atomic E-state index is 14.2. The van der Waals surface area contributed by atoms with Gasteiger partial charge in [0.15, 0.2) is 0 Å². The SMILES string of the molecule is FC(F)(F)c1ccccc1[P+](Cc1ccccc1)(c1ccccc1)c1ccccc1. The Hall–Kier alpha value is -2.90. The highest BCUT2D eigenvalue weighted by molar-refractivity contribution is 7.95. The van der Waals surface area contributed by atoms with Crippen LogP contribution < -0.4 is 15.9 Å². The standard InChI is InChI=1S/C26H21F3P/c27-26(28,29)24-18-10-11-19-25(24)30(22-14-6-2-7-15-22,23-16-8-3-9-17-23)20-21-12-4-1-5-13-21/h1-19H,20H2/q+1. The zero-order valence-electron chi connectivity index (χ0n) is 16.3. The summed E-state index contributed by atoms with van der Waals surface area (Å²) < 4.78 is 42.5. The highest BCUT2D eigenvalue weighted by atomic mass is 31.2. The molecule has 0 amide bonds. The van der Waals surface area contributed by atoms with E-state index < -0.39 is 19.0 Å². The van der Waals surface area contributed by atoms with Gasteiger partial charge in [0, 0.05) is 0 Å². The molecule has 0 heterocycles. The van der Waals surface area contributed by atoms with Crippen molar-refractivity contribution in [1.82, 2.24) is 0 Å². The normalized spacial score (nSPS) is 12.0. The molecular weight excluding hydrogens is 400 g/mol. The Kier molecular flexibility index (Phi) is 5.74. The third-order valence-electron chi connectivity index (χ3n) is 5.28. The van der Waals surface area contributed by atoms with Crippen LogP contribution in [0.15, 0.2) is 115 Å². The number of alkyl halides is 3. The molecule has 4 aromatic carbocycles. The van der Waals surface area contributed by atoms with E-state index in [-0.39, 0.29) is 0 Å². The van der Waals surface area contributed by atoms with Gasteiger partial charge in [0.25, 0.3) is 0 Å². The second-order valence-corrected chi connectivity index (χ2v) is 10.6. The first-order chi connectivity index (χ1) is 14.5. The summed E-state index contributed by atoms with van der Waals surface area (Å²) in [5.41, 5.74) is 0.470. The Balaban J connectivity index is 2.09. The zero-order valence-corrected chi connectivity index (χ0v) is 17.2. The van der Waals surface area contributed by atoms with Crippen LogP contribution in [0.5, 0.6) is 0 Å². The molecule has 30 heavy (non-hydrogen) atoms. The fraction of sp³-hybridized carbons (Fsp3) is 0.0769. The van der Waals surface area contributed by atoms with E-state index in [2.05, 4.69) is 0 Å². The van der Waals surface area contributed by atoms with Gasteiger partial charge in [0.1, 0.15) is 23.2 Å². The molecule has 4 heteroatoms. The second-order valence-electron chi connectivity index (χ2n) is 7.14.